The van der Waals surface area contributed by atoms with E-state index in [1.165, 1.54) is 0 Å². The van der Waals surface area contributed by atoms with E-state index < -0.39 is 12.0 Å². The number of aliphatic carboxylic acids is 1. The van der Waals surface area contributed by atoms with Gasteiger partial charge in [0.1, 0.15) is 6.04 Å². The molecule has 2 atom stereocenters. The molecule has 1 rings (SSSR count). The Kier molecular flexibility index (Phi) is 5.57. The number of hydrogen-bond acceptors (Lipinski definition) is 4. The SMILES string of the molecule is CC(CCCC(=O)O)NC(=O)C1CNC(=O)CN1. The molecule has 0 bridgehead atoms. The van der Waals surface area contributed by atoms with Gasteiger partial charge in [-0.2, -0.15) is 0 Å². The number of amides is 2. The maximum atomic E-state index is 11.8. The lowest BCUT2D eigenvalue weighted by atomic mass is 10.1. The second kappa shape index (κ2) is 6.95. The normalized spacial score (nSPS) is 20.9. The summed E-state index contributed by atoms with van der Waals surface area (Å²) < 4.78 is 0. The molecule has 1 aliphatic heterocycles. The van der Waals surface area contributed by atoms with Gasteiger partial charge in [0.15, 0.2) is 0 Å². The van der Waals surface area contributed by atoms with Crippen molar-refractivity contribution in [3.63, 3.8) is 0 Å². The molecule has 1 saturated heterocycles. The lowest BCUT2D eigenvalue weighted by Gasteiger charge is -2.24. The van der Waals surface area contributed by atoms with Crippen LogP contribution in [0.1, 0.15) is 26.2 Å². The van der Waals surface area contributed by atoms with Crippen molar-refractivity contribution < 1.29 is 19.5 Å². The fourth-order valence-electron chi connectivity index (χ4n) is 1.73. The smallest absolute Gasteiger partial charge is 0.303 e. The van der Waals surface area contributed by atoms with Crippen molar-refractivity contribution in [2.75, 3.05) is 13.1 Å². The van der Waals surface area contributed by atoms with Crippen LogP contribution >= 0.6 is 0 Å². The van der Waals surface area contributed by atoms with Gasteiger partial charge in [0.25, 0.3) is 0 Å². The molecule has 0 aromatic heterocycles. The van der Waals surface area contributed by atoms with Crippen molar-refractivity contribution in [3.05, 3.63) is 0 Å². The van der Waals surface area contributed by atoms with Gasteiger partial charge in [-0.3, -0.25) is 19.7 Å². The summed E-state index contributed by atoms with van der Waals surface area (Å²) in [5.74, 6) is -1.11. The zero-order valence-corrected chi connectivity index (χ0v) is 10.4. The van der Waals surface area contributed by atoms with Gasteiger partial charge in [-0.05, 0) is 19.8 Å². The first-order valence-corrected chi connectivity index (χ1v) is 6.01. The summed E-state index contributed by atoms with van der Waals surface area (Å²) >= 11 is 0. The third kappa shape index (κ3) is 5.13. The predicted octanol–water partition coefficient (Wildman–Crippen LogP) is -1.17. The van der Waals surface area contributed by atoms with Crippen molar-refractivity contribution in [2.45, 2.75) is 38.3 Å². The van der Waals surface area contributed by atoms with E-state index in [1.807, 2.05) is 6.92 Å². The molecular formula is C11H19N3O4. The van der Waals surface area contributed by atoms with Crippen LogP contribution in [0.3, 0.4) is 0 Å². The van der Waals surface area contributed by atoms with Gasteiger partial charge >= 0.3 is 5.97 Å². The summed E-state index contributed by atoms with van der Waals surface area (Å²) in [7, 11) is 0. The minimum Gasteiger partial charge on any atom is -0.481 e. The maximum Gasteiger partial charge on any atom is 0.303 e. The highest BCUT2D eigenvalue weighted by molar-refractivity contribution is 5.86. The number of hydrogen-bond donors (Lipinski definition) is 4. The Hall–Kier alpha value is -1.63. The third-order valence-electron chi connectivity index (χ3n) is 2.75. The molecule has 4 N–H and O–H groups in total. The average molecular weight is 257 g/mol. The summed E-state index contributed by atoms with van der Waals surface area (Å²) in [5, 5.41) is 16.7. The first kappa shape index (κ1) is 14.4. The molecule has 0 spiro atoms. The topological polar surface area (TPSA) is 108 Å². The Morgan fingerprint density at radius 2 is 2.28 bits per heavy atom. The van der Waals surface area contributed by atoms with Gasteiger partial charge < -0.3 is 15.7 Å². The van der Waals surface area contributed by atoms with Crippen molar-refractivity contribution in [2.24, 2.45) is 0 Å². The molecule has 7 heteroatoms. The number of rotatable bonds is 6. The maximum absolute atomic E-state index is 11.8. The molecule has 2 unspecified atom stereocenters. The number of carbonyl (C=O) groups excluding carboxylic acids is 2. The highest BCUT2D eigenvalue weighted by Crippen LogP contribution is 2.01. The number of carbonyl (C=O) groups is 3. The second-order valence-electron chi connectivity index (χ2n) is 4.43. The molecule has 0 radical (unpaired) electrons. The van der Waals surface area contributed by atoms with Crippen LogP contribution in [-0.2, 0) is 14.4 Å². The number of nitrogens with one attached hydrogen (secondary N) is 3. The van der Waals surface area contributed by atoms with Crippen molar-refractivity contribution in [1.29, 1.82) is 0 Å². The largest absolute Gasteiger partial charge is 0.481 e. The molecule has 0 aromatic rings. The van der Waals surface area contributed by atoms with E-state index in [4.69, 9.17) is 5.11 Å². The quantitative estimate of drug-likeness (QED) is 0.480. The van der Waals surface area contributed by atoms with Crippen LogP contribution in [0.2, 0.25) is 0 Å². The van der Waals surface area contributed by atoms with Gasteiger partial charge in [0, 0.05) is 19.0 Å². The zero-order valence-electron chi connectivity index (χ0n) is 10.4. The fourth-order valence-corrected chi connectivity index (χ4v) is 1.73. The Balaban J connectivity index is 2.22. The first-order valence-electron chi connectivity index (χ1n) is 6.01. The number of carboxylic acid groups (broad SMARTS) is 1. The van der Waals surface area contributed by atoms with Crippen LogP contribution in [0.15, 0.2) is 0 Å². The summed E-state index contributed by atoms with van der Waals surface area (Å²) in [4.78, 5) is 33.0. The molecule has 1 aliphatic rings. The third-order valence-corrected chi connectivity index (χ3v) is 2.75. The standard InChI is InChI=1S/C11H19N3O4/c1-7(3-2-4-10(16)17)14-11(18)8-5-13-9(15)6-12-8/h7-8,12H,2-6H2,1H3,(H,13,15)(H,14,18)(H,16,17). The Bertz CT molecular complexity index is 322. The zero-order chi connectivity index (χ0) is 13.5. The lowest BCUT2D eigenvalue weighted by molar-refractivity contribution is -0.137. The van der Waals surface area contributed by atoms with Crippen molar-refractivity contribution >= 4 is 17.8 Å². The van der Waals surface area contributed by atoms with Crippen LogP contribution in [0.25, 0.3) is 0 Å². The van der Waals surface area contributed by atoms with Gasteiger partial charge in [0.05, 0.1) is 6.54 Å². The van der Waals surface area contributed by atoms with Gasteiger partial charge in [0.2, 0.25) is 11.8 Å². The summed E-state index contributed by atoms with van der Waals surface area (Å²) in [6.45, 7) is 2.26. The van der Waals surface area contributed by atoms with E-state index in [0.717, 1.165) is 0 Å². The van der Waals surface area contributed by atoms with Crippen LogP contribution < -0.4 is 16.0 Å². The minimum atomic E-state index is -0.829. The van der Waals surface area contributed by atoms with Crippen molar-refractivity contribution in [1.82, 2.24) is 16.0 Å². The first-order chi connectivity index (χ1) is 8.49. The van der Waals surface area contributed by atoms with Crippen LogP contribution in [0.5, 0.6) is 0 Å². The van der Waals surface area contributed by atoms with Crippen LogP contribution in [-0.4, -0.2) is 48.1 Å². The summed E-state index contributed by atoms with van der Waals surface area (Å²) in [6, 6.07) is -0.485. The van der Waals surface area contributed by atoms with E-state index >= 15 is 0 Å². The van der Waals surface area contributed by atoms with E-state index in [2.05, 4.69) is 16.0 Å². The number of carboxylic acids is 1. The van der Waals surface area contributed by atoms with Crippen LogP contribution in [0.4, 0.5) is 0 Å². The van der Waals surface area contributed by atoms with E-state index in [-0.39, 0.29) is 37.4 Å². The average Bonchev–Trinajstić information content (AvgIpc) is 2.29. The lowest BCUT2D eigenvalue weighted by Crippen LogP contribution is -2.58. The predicted molar refractivity (Wildman–Crippen MR) is 63.9 cm³/mol. The molecule has 0 saturated carbocycles. The van der Waals surface area contributed by atoms with Gasteiger partial charge in [-0.25, -0.2) is 0 Å². The highest BCUT2D eigenvalue weighted by Gasteiger charge is 2.24. The number of piperazine rings is 1. The molecule has 7 nitrogen and oxygen atoms in total. The van der Waals surface area contributed by atoms with E-state index in [1.54, 1.807) is 0 Å². The molecule has 0 aliphatic carbocycles. The molecule has 18 heavy (non-hydrogen) atoms. The molecule has 2 amide bonds. The van der Waals surface area contributed by atoms with Crippen molar-refractivity contribution in [3.8, 4) is 0 Å². The second-order valence-corrected chi connectivity index (χ2v) is 4.43. The monoisotopic (exact) mass is 257 g/mol. The van der Waals surface area contributed by atoms with Gasteiger partial charge in [-0.1, -0.05) is 0 Å². The minimum absolute atomic E-state index is 0.0729. The molecular weight excluding hydrogens is 238 g/mol. The Labute approximate surface area is 105 Å². The summed E-state index contributed by atoms with van der Waals surface area (Å²) in [6.07, 6.45) is 1.26. The Morgan fingerprint density at radius 3 is 2.83 bits per heavy atom. The van der Waals surface area contributed by atoms with Gasteiger partial charge in [-0.15, -0.1) is 0 Å². The van der Waals surface area contributed by atoms with E-state index in [9.17, 15) is 14.4 Å². The molecule has 102 valence electrons. The molecule has 1 fully saturated rings. The van der Waals surface area contributed by atoms with E-state index in [0.29, 0.717) is 12.8 Å². The molecule has 0 aromatic carbocycles. The molecule has 1 heterocycles. The summed E-state index contributed by atoms with van der Waals surface area (Å²) in [5.41, 5.74) is 0. The Morgan fingerprint density at radius 1 is 1.56 bits per heavy atom. The van der Waals surface area contributed by atoms with Crippen LogP contribution in [0, 0.1) is 0 Å². The highest BCUT2D eigenvalue weighted by atomic mass is 16.4. The fraction of sp³-hybridized carbons (Fsp3) is 0.727.